The van der Waals surface area contributed by atoms with Crippen molar-refractivity contribution >= 4 is 53.7 Å². The third-order valence-corrected chi connectivity index (χ3v) is 5.18. The quantitative estimate of drug-likeness (QED) is 0.727. The number of nitrogens with one attached hydrogen (secondary N) is 1. The Morgan fingerprint density at radius 3 is 2.30 bits per heavy atom. The highest BCUT2D eigenvalue weighted by molar-refractivity contribution is 9.11. The minimum atomic E-state index is -3.81. The molecule has 0 spiro atoms. The number of carboxylic acids is 1. The largest absolute Gasteiger partial charge is 0.481 e. The molecule has 112 valence electrons. The van der Waals surface area contributed by atoms with Crippen LogP contribution in [-0.4, -0.2) is 37.4 Å². The average molecular weight is 430 g/mol. The molecule has 1 rings (SSSR count). The smallest absolute Gasteiger partial charge is 0.304 e. The van der Waals surface area contributed by atoms with Crippen LogP contribution >= 0.6 is 31.9 Å². The SMILES string of the molecule is Cc1cc(Br)c(NS(=O)(=O)N(C)CCC(=O)O)c(Br)c1. The van der Waals surface area contributed by atoms with Crippen molar-refractivity contribution in [2.75, 3.05) is 18.3 Å². The summed E-state index contributed by atoms with van der Waals surface area (Å²) < 4.78 is 28.7. The topological polar surface area (TPSA) is 86.7 Å². The third kappa shape index (κ3) is 4.72. The fourth-order valence-corrected chi connectivity index (χ4v) is 4.22. The van der Waals surface area contributed by atoms with Gasteiger partial charge in [0.25, 0.3) is 0 Å². The van der Waals surface area contributed by atoms with Crippen LogP contribution in [0.2, 0.25) is 0 Å². The maximum atomic E-state index is 12.1. The Balaban J connectivity index is 2.94. The van der Waals surface area contributed by atoms with Gasteiger partial charge in [-0.1, -0.05) is 0 Å². The van der Waals surface area contributed by atoms with E-state index in [-0.39, 0.29) is 13.0 Å². The zero-order valence-corrected chi connectivity index (χ0v) is 14.8. The number of carboxylic acid groups (broad SMARTS) is 1. The van der Waals surface area contributed by atoms with E-state index >= 15 is 0 Å². The molecule has 20 heavy (non-hydrogen) atoms. The van der Waals surface area contributed by atoms with Gasteiger partial charge in [0.15, 0.2) is 0 Å². The van der Waals surface area contributed by atoms with Crippen LogP contribution in [0.25, 0.3) is 0 Å². The molecule has 0 aliphatic rings. The molecule has 0 saturated carbocycles. The molecule has 0 heterocycles. The van der Waals surface area contributed by atoms with Gasteiger partial charge in [-0.3, -0.25) is 9.52 Å². The van der Waals surface area contributed by atoms with Gasteiger partial charge < -0.3 is 5.11 Å². The van der Waals surface area contributed by atoms with Crippen molar-refractivity contribution in [3.05, 3.63) is 26.6 Å². The summed E-state index contributed by atoms with van der Waals surface area (Å²) in [7, 11) is -2.49. The van der Waals surface area contributed by atoms with Gasteiger partial charge in [-0.05, 0) is 56.5 Å². The van der Waals surface area contributed by atoms with Crippen LogP contribution in [0.1, 0.15) is 12.0 Å². The number of carbonyl (C=O) groups is 1. The molecule has 6 nitrogen and oxygen atoms in total. The second kappa shape index (κ2) is 6.88. The summed E-state index contributed by atoms with van der Waals surface area (Å²) in [4.78, 5) is 10.5. The van der Waals surface area contributed by atoms with Gasteiger partial charge in [0, 0.05) is 22.5 Å². The number of nitrogens with zero attached hydrogens (tertiary/aromatic N) is 1. The van der Waals surface area contributed by atoms with Gasteiger partial charge in [-0.2, -0.15) is 12.7 Å². The minimum Gasteiger partial charge on any atom is -0.481 e. The Hall–Kier alpha value is -0.640. The van der Waals surface area contributed by atoms with Crippen molar-refractivity contribution in [1.82, 2.24) is 4.31 Å². The molecule has 0 saturated heterocycles. The third-order valence-electron chi connectivity index (χ3n) is 2.47. The molecule has 0 unspecified atom stereocenters. The predicted molar refractivity (Wildman–Crippen MR) is 84.0 cm³/mol. The van der Waals surface area contributed by atoms with Gasteiger partial charge in [0.1, 0.15) is 0 Å². The number of halogens is 2. The zero-order valence-electron chi connectivity index (χ0n) is 10.9. The lowest BCUT2D eigenvalue weighted by Crippen LogP contribution is -2.34. The number of aryl methyl sites for hydroxylation is 1. The van der Waals surface area contributed by atoms with E-state index in [0.717, 1.165) is 9.87 Å². The maximum Gasteiger partial charge on any atom is 0.304 e. The molecule has 0 fully saturated rings. The molecular formula is C11H14Br2N2O4S. The van der Waals surface area contributed by atoms with Crippen molar-refractivity contribution < 1.29 is 18.3 Å². The zero-order chi connectivity index (χ0) is 15.5. The van der Waals surface area contributed by atoms with Gasteiger partial charge in [0.2, 0.25) is 0 Å². The summed E-state index contributed by atoms with van der Waals surface area (Å²) in [6.45, 7) is 1.78. The van der Waals surface area contributed by atoms with E-state index in [0.29, 0.717) is 14.6 Å². The molecule has 1 aromatic carbocycles. The van der Waals surface area contributed by atoms with Crippen molar-refractivity contribution in [2.24, 2.45) is 0 Å². The summed E-state index contributed by atoms with van der Waals surface area (Å²) in [6.07, 6.45) is -0.256. The lowest BCUT2D eigenvalue weighted by Gasteiger charge is -2.19. The van der Waals surface area contributed by atoms with Crippen LogP contribution in [0.5, 0.6) is 0 Å². The molecule has 0 aliphatic carbocycles. The highest BCUT2D eigenvalue weighted by Gasteiger charge is 2.20. The normalized spacial score (nSPS) is 11.7. The second-order valence-corrected chi connectivity index (χ2v) is 7.66. The number of rotatable bonds is 6. The number of anilines is 1. The fraction of sp³-hybridized carbons (Fsp3) is 0.364. The molecule has 1 aromatic rings. The summed E-state index contributed by atoms with van der Waals surface area (Å²) in [5, 5.41) is 8.58. The highest BCUT2D eigenvalue weighted by Crippen LogP contribution is 2.33. The first-order chi connectivity index (χ1) is 9.13. The molecule has 0 bridgehead atoms. The van der Waals surface area contributed by atoms with Gasteiger partial charge in [-0.15, -0.1) is 0 Å². The van der Waals surface area contributed by atoms with Crippen molar-refractivity contribution in [3.63, 3.8) is 0 Å². The first-order valence-electron chi connectivity index (χ1n) is 5.55. The fourth-order valence-electron chi connectivity index (χ4n) is 1.38. The molecule has 0 aliphatic heterocycles. The molecule has 2 N–H and O–H groups in total. The summed E-state index contributed by atoms with van der Waals surface area (Å²) in [6, 6.07) is 3.56. The molecule has 9 heteroatoms. The van der Waals surface area contributed by atoms with E-state index in [1.54, 1.807) is 12.1 Å². The van der Waals surface area contributed by atoms with Crippen molar-refractivity contribution in [2.45, 2.75) is 13.3 Å². The number of aliphatic carboxylic acids is 1. The molecule has 0 aromatic heterocycles. The van der Waals surface area contributed by atoms with Crippen LogP contribution in [0.4, 0.5) is 5.69 Å². The minimum absolute atomic E-state index is 0.105. The van der Waals surface area contributed by atoms with Crippen molar-refractivity contribution in [1.29, 1.82) is 0 Å². The van der Waals surface area contributed by atoms with Crippen LogP contribution in [0.3, 0.4) is 0 Å². The standard InChI is InChI=1S/C11H14Br2N2O4S/c1-7-5-8(12)11(9(13)6-7)14-20(18,19)15(2)4-3-10(16)17/h5-6,14H,3-4H2,1-2H3,(H,16,17). The van der Waals surface area contributed by atoms with Crippen LogP contribution in [-0.2, 0) is 15.0 Å². The van der Waals surface area contributed by atoms with Crippen molar-refractivity contribution in [3.8, 4) is 0 Å². The molecule has 0 atom stereocenters. The van der Waals surface area contributed by atoms with E-state index in [2.05, 4.69) is 36.6 Å². The molecule has 0 amide bonds. The molecular weight excluding hydrogens is 416 g/mol. The Bertz CT molecular complexity index is 596. The summed E-state index contributed by atoms with van der Waals surface area (Å²) in [5.74, 6) is -1.05. The number of benzene rings is 1. The van der Waals surface area contributed by atoms with E-state index in [1.807, 2.05) is 6.92 Å². The van der Waals surface area contributed by atoms with E-state index in [4.69, 9.17) is 5.11 Å². The Kier molecular flexibility index (Phi) is 5.99. The Morgan fingerprint density at radius 2 is 1.85 bits per heavy atom. The second-order valence-electron chi connectivity index (χ2n) is 4.18. The van der Waals surface area contributed by atoms with Crippen LogP contribution < -0.4 is 4.72 Å². The molecule has 0 radical (unpaired) electrons. The Labute approximate surface area is 134 Å². The van der Waals surface area contributed by atoms with Gasteiger partial charge in [0.05, 0.1) is 12.1 Å². The summed E-state index contributed by atoms with van der Waals surface area (Å²) in [5.41, 5.74) is 1.34. The average Bonchev–Trinajstić information content (AvgIpc) is 2.30. The lowest BCUT2D eigenvalue weighted by atomic mass is 10.2. The first kappa shape index (κ1) is 17.4. The van der Waals surface area contributed by atoms with E-state index in [1.165, 1.54) is 7.05 Å². The number of hydrogen-bond acceptors (Lipinski definition) is 3. The highest BCUT2D eigenvalue weighted by atomic mass is 79.9. The Morgan fingerprint density at radius 1 is 1.35 bits per heavy atom. The van der Waals surface area contributed by atoms with Crippen LogP contribution in [0.15, 0.2) is 21.1 Å². The van der Waals surface area contributed by atoms with Gasteiger partial charge >= 0.3 is 16.2 Å². The van der Waals surface area contributed by atoms with E-state index < -0.39 is 16.2 Å². The lowest BCUT2D eigenvalue weighted by molar-refractivity contribution is -0.137. The summed E-state index contributed by atoms with van der Waals surface area (Å²) >= 11 is 6.58. The monoisotopic (exact) mass is 428 g/mol. The number of hydrogen-bond donors (Lipinski definition) is 2. The first-order valence-corrected chi connectivity index (χ1v) is 8.57. The predicted octanol–water partition coefficient (Wildman–Crippen LogP) is 2.58. The maximum absolute atomic E-state index is 12.1. The van der Waals surface area contributed by atoms with E-state index in [9.17, 15) is 13.2 Å². The van der Waals surface area contributed by atoms with Gasteiger partial charge in [-0.25, -0.2) is 0 Å². The van der Waals surface area contributed by atoms with Crippen LogP contribution in [0, 0.1) is 6.92 Å².